The molecular weight excluding hydrogens is 298 g/mol. The molecule has 2 atom stereocenters. The van der Waals surface area contributed by atoms with E-state index in [1.165, 1.54) is 0 Å². The fourth-order valence-corrected chi connectivity index (χ4v) is 2.83. The summed E-state index contributed by atoms with van der Waals surface area (Å²) >= 11 is 0. The van der Waals surface area contributed by atoms with Crippen LogP contribution in [0.5, 0.6) is 11.5 Å². The lowest BCUT2D eigenvalue weighted by atomic mass is 10.2. The van der Waals surface area contributed by atoms with E-state index in [1.807, 2.05) is 6.07 Å². The van der Waals surface area contributed by atoms with Gasteiger partial charge in [0.05, 0.1) is 0 Å². The van der Waals surface area contributed by atoms with E-state index in [4.69, 9.17) is 14.2 Å². The number of ether oxygens (including phenoxy) is 3. The molecule has 0 bridgehead atoms. The minimum absolute atomic E-state index is 0.0762. The van der Waals surface area contributed by atoms with Crippen LogP contribution in [-0.4, -0.2) is 36.7 Å². The van der Waals surface area contributed by atoms with Crippen LogP contribution in [0.4, 0.5) is 0 Å². The van der Waals surface area contributed by atoms with Crippen LogP contribution < -0.4 is 14.8 Å². The zero-order valence-electron chi connectivity index (χ0n) is 13.1. The van der Waals surface area contributed by atoms with Gasteiger partial charge < -0.3 is 19.5 Å². The number of benzene rings is 1. The van der Waals surface area contributed by atoms with Gasteiger partial charge in [-0.25, -0.2) is 4.79 Å². The number of amides is 1. The molecule has 0 unspecified atom stereocenters. The molecule has 6 heteroatoms. The number of fused-ring (bicyclic) bond motifs is 1. The standard InChI is InChI=1S/C17H21NO5/c1-11(16(19)18-12-6-2-3-7-12)22-17(20)15-10-21-13-8-4-5-9-14(13)23-15/h4-5,8-9,11-12,15H,2-3,6-7,10H2,1H3,(H,18,19)/t11-,15-/m0/s1. The number of esters is 1. The number of para-hydroxylation sites is 2. The van der Waals surface area contributed by atoms with Gasteiger partial charge in [0.2, 0.25) is 6.10 Å². The molecule has 1 saturated carbocycles. The third kappa shape index (κ3) is 3.75. The molecule has 1 amide bonds. The molecule has 0 aromatic heterocycles. The summed E-state index contributed by atoms with van der Waals surface area (Å²) in [5, 5.41) is 2.91. The minimum Gasteiger partial charge on any atom is -0.485 e. The van der Waals surface area contributed by atoms with Crippen molar-refractivity contribution in [2.45, 2.75) is 50.9 Å². The predicted octanol–water partition coefficient (Wildman–Crippen LogP) is 1.82. The summed E-state index contributed by atoms with van der Waals surface area (Å²) in [6.07, 6.45) is 2.54. The lowest BCUT2D eigenvalue weighted by molar-refractivity contribution is -0.163. The van der Waals surface area contributed by atoms with E-state index in [0.717, 1.165) is 25.7 Å². The van der Waals surface area contributed by atoms with E-state index in [9.17, 15) is 9.59 Å². The highest BCUT2D eigenvalue weighted by Crippen LogP contribution is 2.31. The number of hydrogen-bond donors (Lipinski definition) is 1. The van der Waals surface area contributed by atoms with Gasteiger partial charge >= 0.3 is 5.97 Å². The van der Waals surface area contributed by atoms with Gasteiger partial charge in [-0.15, -0.1) is 0 Å². The van der Waals surface area contributed by atoms with Crippen molar-refractivity contribution >= 4 is 11.9 Å². The largest absolute Gasteiger partial charge is 0.485 e. The SMILES string of the molecule is C[C@H](OC(=O)[C@@H]1COc2ccccc2O1)C(=O)NC1CCCC1. The van der Waals surface area contributed by atoms with Crippen molar-refractivity contribution < 1.29 is 23.8 Å². The maximum Gasteiger partial charge on any atom is 0.351 e. The van der Waals surface area contributed by atoms with Crippen LogP contribution in [0.1, 0.15) is 32.6 Å². The Balaban J connectivity index is 1.51. The summed E-state index contributed by atoms with van der Waals surface area (Å²) < 4.78 is 16.3. The van der Waals surface area contributed by atoms with Crippen LogP contribution in [0.2, 0.25) is 0 Å². The molecule has 1 aromatic rings. The lowest BCUT2D eigenvalue weighted by Gasteiger charge is -2.26. The van der Waals surface area contributed by atoms with Gasteiger partial charge in [-0.3, -0.25) is 4.79 Å². The summed E-state index contributed by atoms with van der Waals surface area (Å²) in [6, 6.07) is 7.33. The van der Waals surface area contributed by atoms with Gasteiger partial charge in [-0.05, 0) is 31.9 Å². The topological polar surface area (TPSA) is 73.9 Å². The molecule has 0 spiro atoms. The molecule has 124 valence electrons. The third-order valence-electron chi connectivity index (χ3n) is 4.14. The Morgan fingerprint density at radius 1 is 1.22 bits per heavy atom. The van der Waals surface area contributed by atoms with Crippen LogP contribution in [-0.2, 0) is 14.3 Å². The molecular formula is C17H21NO5. The van der Waals surface area contributed by atoms with Crippen molar-refractivity contribution in [2.24, 2.45) is 0 Å². The Bertz CT molecular complexity index is 582. The van der Waals surface area contributed by atoms with Crippen LogP contribution in [0.15, 0.2) is 24.3 Å². The maximum atomic E-state index is 12.2. The van der Waals surface area contributed by atoms with E-state index in [-0.39, 0.29) is 18.6 Å². The van der Waals surface area contributed by atoms with E-state index in [2.05, 4.69) is 5.32 Å². The molecule has 1 N–H and O–H groups in total. The fourth-order valence-electron chi connectivity index (χ4n) is 2.83. The summed E-state index contributed by atoms with van der Waals surface area (Å²) in [5.41, 5.74) is 0. The quantitative estimate of drug-likeness (QED) is 0.857. The second-order valence-electron chi connectivity index (χ2n) is 5.93. The molecule has 23 heavy (non-hydrogen) atoms. The Hall–Kier alpha value is -2.24. The summed E-state index contributed by atoms with van der Waals surface area (Å²) in [6.45, 7) is 1.65. The summed E-state index contributed by atoms with van der Waals surface area (Å²) in [5.74, 6) is 0.253. The first-order valence-corrected chi connectivity index (χ1v) is 8.03. The molecule has 1 heterocycles. The normalized spacial score (nSPS) is 21.5. The Morgan fingerprint density at radius 3 is 2.65 bits per heavy atom. The third-order valence-corrected chi connectivity index (χ3v) is 4.14. The molecule has 0 radical (unpaired) electrons. The van der Waals surface area contributed by atoms with Crippen molar-refractivity contribution in [1.29, 1.82) is 0 Å². The molecule has 3 rings (SSSR count). The Labute approximate surface area is 135 Å². The Kier molecular flexibility index (Phi) is 4.69. The number of hydrogen-bond acceptors (Lipinski definition) is 5. The van der Waals surface area contributed by atoms with E-state index < -0.39 is 18.2 Å². The first kappa shape index (κ1) is 15.6. The molecule has 6 nitrogen and oxygen atoms in total. The zero-order chi connectivity index (χ0) is 16.2. The number of rotatable bonds is 4. The van der Waals surface area contributed by atoms with Gasteiger partial charge in [0, 0.05) is 6.04 Å². The smallest absolute Gasteiger partial charge is 0.351 e. The average molecular weight is 319 g/mol. The van der Waals surface area contributed by atoms with E-state index in [0.29, 0.717) is 11.5 Å². The number of nitrogens with one attached hydrogen (secondary N) is 1. The number of carbonyl (C=O) groups is 2. The van der Waals surface area contributed by atoms with Crippen LogP contribution >= 0.6 is 0 Å². The van der Waals surface area contributed by atoms with Gasteiger partial charge in [0.1, 0.15) is 6.61 Å². The highest BCUT2D eigenvalue weighted by Gasteiger charge is 2.31. The molecule has 1 aliphatic heterocycles. The van der Waals surface area contributed by atoms with E-state index >= 15 is 0 Å². The fraction of sp³-hybridized carbons (Fsp3) is 0.529. The lowest BCUT2D eigenvalue weighted by Crippen LogP contribution is -2.44. The van der Waals surface area contributed by atoms with Crippen LogP contribution in [0.3, 0.4) is 0 Å². The van der Waals surface area contributed by atoms with E-state index in [1.54, 1.807) is 25.1 Å². The second kappa shape index (κ2) is 6.89. The first-order chi connectivity index (χ1) is 11.1. The van der Waals surface area contributed by atoms with Gasteiger partial charge in [-0.2, -0.15) is 0 Å². The van der Waals surface area contributed by atoms with Gasteiger partial charge in [0.15, 0.2) is 17.6 Å². The highest BCUT2D eigenvalue weighted by atomic mass is 16.6. The molecule has 1 aromatic carbocycles. The summed E-state index contributed by atoms with van der Waals surface area (Å²) in [7, 11) is 0. The van der Waals surface area contributed by atoms with Crippen molar-refractivity contribution in [3.8, 4) is 11.5 Å². The second-order valence-corrected chi connectivity index (χ2v) is 5.93. The van der Waals surface area contributed by atoms with Crippen molar-refractivity contribution in [2.75, 3.05) is 6.61 Å². The average Bonchev–Trinajstić information content (AvgIpc) is 3.07. The summed E-state index contributed by atoms with van der Waals surface area (Å²) in [4.78, 5) is 24.2. The molecule has 2 aliphatic rings. The van der Waals surface area contributed by atoms with Gasteiger partial charge in [-0.1, -0.05) is 25.0 Å². The van der Waals surface area contributed by atoms with Crippen LogP contribution in [0.25, 0.3) is 0 Å². The molecule has 1 aliphatic carbocycles. The monoisotopic (exact) mass is 319 g/mol. The predicted molar refractivity (Wildman–Crippen MR) is 82.3 cm³/mol. The van der Waals surface area contributed by atoms with Crippen LogP contribution in [0, 0.1) is 0 Å². The minimum atomic E-state index is -0.855. The van der Waals surface area contributed by atoms with Gasteiger partial charge in [0.25, 0.3) is 5.91 Å². The maximum absolute atomic E-state index is 12.2. The zero-order valence-corrected chi connectivity index (χ0v) is 13.1. The molecule has 0 saturated heterocycles. The van der Waals surface area contributed by atoms with Crippen molar-refractivity contribution in [1.82, 2.24) is 5.32 Å². The highest BCUT2D eigenvalue weighted by molar-refractivity contribution is 5.85. The molecule has 1 fully saturated rings. The van der Waals surface area contributed by atoms with Crippen molar-refractivity contribution in [3.63, 3.8) is 0 Å². The Morgan fingerprint density at radius 2 is 1.91 bits per heavy atom. The first-order valence-electron chi connectivity index (χ1n) is 8.03. The number of carbonyl (C=O) groups excluding carboxylic acids is 2. The van der Waals surface area contributed by atoms with Crippen molar-refractivity contribution in [3.05, 3.63) is 24.3 Å².